The first-order chi connectivity index (χ1) is 17.8. The van der Waals surface area contributed by atoms with Crippen molar-refractivity contribution in [2.24, 2.45) is 5.92 Å². The fourth-order valence-corrected chi connectivity index (χ4v) is 4.49. The minimum Gasteiger partial charge on any atom is -0.497 e. The highest BCUT2D eigenvalue weighted by atomic mass is 16.5. The van der Waals surface area contributed by atoms with Gasteiger partial charge in [0.05, 0.1) is 19.3 Å². The highest BCUT2D eigenvalue weighted by Gasteiger charge is 2.52. The van der Waals surface area contributed by atoms with Crippen molar-refractivity contribution >= 4 is 28.9 Å². The molecule has 2 amide bonds. The molecule has 1 heterocycles. The van der Waals surface area contributed by atoms with Crippen LogP contribution in [0.1, 0.15) is 34.8 Å². The first-order valence-electron chi connectivity index (χ1n) is 12.0. The molecule has 0 saturated carbocycles. The SMILES string of the molecule is COc1ccc2c(c1)[C@](O)([C@@H](C)/C=C/CCO)C(=O)N2Cc1cccc(NC(=O)c2ccc(N)cc2)c1. The van der Waals surface area contributed by atoms with Gasteiger partial charge in [-0.15, -0.1) is 0 Å². The van der Waals surface area contributed by atoms with Gasteiger partial charge in [0, 0.05) is 35.0 Å². The Hall–Kier alpha value is -4.14. The van der Waals surface area contributed by atoms with Crippen molar-refractivity contribution in [3.05, 3.63) is 95.6 Å². The number of aliphatic hydroxyl groups excluding tert-OH is 1. The molecular formula is C29H31N3O5. The lowest BCUT2D eigenvalue weighted by Crippen LogP contribution is -2.44. The zero-order chi connectivity index (χ0) is 26.6. The molecule has 0 aliphatic carbocycles. The minimum atomic E-state index is -1.79. The van der Waals surface area contributed by atoms with Crippen LogP contribution in [0.5, 0.6) is 5.75 Å². The number of anilines is 3. The normalized spacial score (nSPS) is 17.6. The molecular weight excluding hydrogens is 470 g/mol. The maximum absolute atomic E-state index is 13.7. The molecule has 1 aliphatic rings. The lowest BCUT2D eigenvalue weighted by Gasteiger charge is -2.28. The van der Waals surface area contributed by atoms with Crippen LogP contribution >= 0.6 is 0 Å². The van der Waals surface area contributed by atoms with E-state index in [0.717, 1.165) is 5.56 Å². The van der Waals surface area contributed by atoms with Crippen molar-refractivity contribution < 1.29 is 24.5 Å². The van der Waals surface area contributed by atoms with Gasteiger partial charge in [0.15, 0.2) is 5.60 Å². The molecule has 192 valence electrons. The van der Waals surface area contributed by atoms with E-state index in [-0.39, 0.29) is 19.1 Å². The van der Waals surface area contributed by atoms with E-state index < -0.39 is 17.4 Å². The maximum atomic E-state index is 13.7. The van der Waals surface area contributed by atoms with E-state index in [1.165, 1.54) is 7.11 Å². The molecule has 0 aromatic heterocycles. The van der Waals surface area contributed by atoms with Crippen molar-refractivity contribution in [1.82, 2.24) is 0 Å². The third-order valence-electron chi connectivity index (χ3n) is 6.55. The van der Waals surface area contributed by atoms with E-state index >= 15 is 0 Å². The van der Waals surface area contributed by atoms with Gasteiger partial charge in [0.25, 0.3) is 11.8 Å². The van der Waals surface area contributed by atoms with Gasteiger partial charge in [-0.1, -0.05) is 31.2 Å². The number of hydrogen-bond donors (Lipinski definition) is 4. The highest BCUT2D eigenvalue weighted by Crippen LogP contribution is 2.47. The molecule has 3 aromatic rings. The predicted octanol–water partition coefficient (Wildman–Crippen LogP) is 3.84. The lowest BCUT2D eigenvalue weighted by molar-refractivity contribution is -0.139. The van der Waals surface area contributed by atoms with Gasteiger partial charge < -0.3 is 30.9 Å². The largest absolute Gasteiger partial charge is 0.497 e. The Morgan fingerprint density at radius 1 is 1.16 bits per heavy atom. The quantitative estimate of drug-likeness (QED) is 0.261. The molecule has 1 aliphatic heterocycles. The summed E-state index contributed by atoms with van der Waals surface area (Å²) in [6, 6.07) is 19.1. The van der Waals surface area contributed by atoms with E-state index in [2.05, 4.69) is 5.32 Å². The van der Waals surface area contributed by atoms with Crippen LogP contribution in [-0.4, -0.2) is 35.7 Å². The zero-order valence-corrected chi connectivity index (χ0v) is 20.8. The number of nitrogen functional groups attached to an aromatic ring is 1. The number of methoxy groups -OCH3 is 1. The first kappa shape index (κ1) is 25.9. The molecule has 0 radical (unpaired) electrons. The Labute approximate surface area is 216 Å². The standard InChI is InChI=1S/C29H31N3O5/c1-19(6-3-4-15-33)29(36)25-17-24(37-2)13-14-26(25)32(28(29)35)18-20-7-5-8-23(16-20)31-27(34)21-9-11-22(30)12-10-21/h3,5-14,16-17,19,33,36H,4,15,18,30H2,1-2H3,(H,31,34)/b6-3+/t19-,29+/m0/s1. The average molecular weight is 502 g/mol. The first-order valence-corrected chi connectivity index (χ1v) is 12.0. The molecule has 0 fully saturated rings. The Morgan fingerprint density at radius 3 is 2.62 bits per heavy atom. The van der Waals surface area contributed by atoms with Gasteiger partial charge in [-0.25, -0.2) is 0 Å². The molecule has 4 rings (SSSR count). The van der Waals surface area contributed by atoms with Gasteiger partial charge in [0.2, 0.25) is 0 Å². The summed E-state index contributed by atoms with van der Waals surface area (Å²) < 4.78 is 5.36. The number of aliphatic hydroxyl groups is 2. The number of rotatable bonds is 9. The molecule has 8 heteroatoms. The topological polar surface area (TPSA) is 125 Å². The van der Waals surface area contributed by atoms with Crippen molar-refractivity contribution in [3.8, 4) is 5.75 Å². The van der Waals surface area contributed by atoms with Crippen LogP contribution in [0, 0.1) is 5.92 Å². The van der Waals surface area contributed by atoms with Gasteiger partial charge in [-0.2, -0.15) is 0 Å². The smallest absolute Gasteiger partial charge is 0.264 e. The number of benzene rings is 3. The molecule has 0 bridgehead atoms. The maximum Gasteiger partial charge on any atom is 0.264 e. The monoisotopic (exact) mass is 501 g/mol. The number of carbonyl (C=O) groups excluding carboxylic acids is 2. The summed E-state index contributed by atoms with van der Waals surface area (Å²) in [6.07, 6.45) is 3.93. The number of fused-ring (bicyclic) bond motifs is 1. The van der Waals surface area contributed by atoms with Gasteiger partial charge >= 0.3 is 0 Å². The molecule has 0 unspecified atom stereocenters. The van der Waals surface area contributed by atoms with Crippen LogP contribution in [-0.2, 0) is 16.9 Å². The van der Waals surface area contributed by atoms with Crippen LogP contribution in [0.2, 0.25) is 0 Å². The fraction of sp³-hybridized carbons (Fsp3) is 0.241. The Kier molecular flexibility index (Phi) is 7.61. The highest BCUT2D eigenvalue weighted by molar-refractivity contribution is 6.07. The third kappa shape index (κ3) is 5.21. The number of hydrogen-bond acceptors (Lipinski definition) is 6. The van der Waals surface area contributed by atoms with Crippen LogP contribution in [0.3, 0.4) is 0 Å². The van der Waals surface area contributed by atoms with E-state index in [0.29, 0.717) is 40.4 Å². The van der Waals surface area contributed by atoms with Crippen molar-refractivity contribution in [3.63, 3.8) is 0 Å². The number of nitrogens with zero attached hydrogens (tertiary/aromatic N) is 1. The fourth-order valence-electron chi connectivity index (χ4n) is 4.49. The number of nitrogens with one attached hydrogen (secondary N) is 1. The molecule has 0 spiro atoms. The number of carbonyl (C=O) groups is 2. The molecule has 2 atom stereocenters. The van der Waals surface area contributed by atoms with Crippen LogP contribution in [0.15, 0.2) is 78.9 Å². The summed E-state index contributed by atoms with van der Waals surface area (Å²) in [5, 5.41) is 23.7. The van der Waals surface area contributed by atoms with E-state index in [1.807, 2.05) is 6.07 Å². The third-order valence-corrected chi connectivity index (χ3v) is 6.55. The van der Waals surface area contributed by atoms with Gasteiger partial charge in [-0.3, -0.25) is 9.59 Å². The average Bonchev–Trinajstić information content (AvgIpc) is 3.11. The molecule has 8 nitrogen and oxygen atoms in total. The van der Waals surface area contributed by atoms with E-state index in [9.17, 15) is 14.7 Å². The van der Waals surface area contributed by atoms with Crippen molar-refractivity contribution in [2.75, 3.05) is 29.7 Å². The molecule has 5 N–H and O–H groups in total. The second-order valence-electron chi connectivity index (χ2n) is 9.05. The van der Waals surface area contributed by atoms with E-state index in [1.54, 1.807) is 84.6 Å². The molecule has 0 saturated heterocycles. The molecule has 37 heavy (non-hydrogen) atoms. The van der Waals surface area contributed by atoms with Gasteiger partial charge in [-0.05, 0) is 66.6 Å². The summed E-state index contributed by atoms with van der Waals surface area (Å²) in [5.41, 5.74) is 7.37. The van der Waals surface area contributed by atoms with Crippen LogP contribution < -0.4 is 20.7 Å². The summed E-state index contributed by atoms with van der Waals surface area (Å²) >= 11 is 0. The summed E-state index contributed by atoms with van der Waals surface area (Å²) in [4.78, 5) is 27.9. The predicted molar refractivity (Wildman–Crippen MR) is 143 cm³/mol. The van der Waals surface area contributed by atoms with Crippen LogP contribution in [0.4, 0.5) is 17.1 Å². The van der Waals surface area contributed by atoms with Crippen molar-refractivity contribution in [2.45, 2.75) is 25.5 Å². The second kappa shape index (κ2) is 10.9. The number of amides is 2. The number of nitrogens with two attached hydrogens (primary N) is 1. The van der Waals surface area contributed by atoms with Crippen molar-refractivity contribution in [1.29, 1.82) is 0 Å². The second-order valence-corrected chi connectivity index (χ2v) is 9.05. The summed E-state index contributed by atoms with van der Waals surface area (Å²) in [7, 11) is 1.53. The summed E-state index contributed by atoms with van der Waals surface area (Å²) in [5.74, 6) is -0.739. The van der Waals surface area contributed by atoms with E-state index in [4.69, 9.17) is 15.6 Å². The van der Waals surface area contributed by atoms with Crippen LogP contribution in [0.25, 0.3) is 0 Å². The Bertz CT molecular complexity index is 1320. The zero-order valence-electron chi connectivity index (χ0n) is 20.8. The number of ether oxygens (including phenoxy) is 1. The summed E-state index contributed by atoms with van der Waals surface area (Å²) in [6.45, 7) is 1.95. The molecule has 3 aromatic carbocycles. The Morgan fingerprint density at radius 2 is 1.92 bits per heavy atom. The Balaban J connectivity index is 1.61. The minimum absolute atomic E-state index is 0.0165. The van der Waals surface area contributed by atoms with Gasteiger partial charge in [0.1, 0.15) is 5.75 Å². The lowest BCUT2D eigenvalue weighted by atomic mass is 9.83.